The average Bonchev–Trinajstić information content (AvgIpc) is 2.37. The molecule has 0 aromatic heterocycles. The van der Waals surface area contributed by atoms with Crippen molar-refractivity contribution in [2.75, 3.05) is 0 Å². The third-order valence-corrected chi connectivity index (χ3v) is 3.71. The maximum Gasteiger partial charge on any atom is 0.392 e. The number of rotatable bonds is 3. The van der Waals surface area contributed by atoms with E-state index >= 15 is 0 Å². The summed E-state index contributed by atoms with van der Waals surface area (Å²) in [4.78, 5) is 0. The van der Waals surface area contributed by atoms with E-state index < -0.39 is 12.1 Å². The highest BCUT2D eigenvalue weighted by Gasteiger charge is 2.43. The SMILES string of the molecule is FC(F)(F)C1CCCC([NH2+]Cc2ccccc2)C1.[Cl-]. The Kier molecular flexibility index (Phi) is 6.14. The quantitative estimate of drug-likeness (QED) is 0.800. The van der Waals surface area contributed by atoms with Crippen LogP contribution in [0.25, 0.3) is 0 Å². The van der Waals surface area contributed by atoms with Gasteiger partial charge in [-0.3, -0.25) is 0 Å². The third-order valence-electron chi connectivity index (χ3n) is 3.71. The summed E-state index contributed by atoms with van der Waals surface area (Å²) >= 11 is 0. The van der Waals surface area contributed by atoms with E-state index in [9.17, 15) is 13.2 Å². The van der Waals surface area contributed by atoms with Crippen molar-refractivity contribution < 1.29 is 30.9 Å². The van der Waals surface area contributed by atoms with Crippen LogP contribution < -0.4 is 17.7 Å². The van der Waals surface area contributed by atoms with Crippen molar-refractivity contribution in [1.29, 1.82) is 0 Å². The summed E-state index contributed by atoms with van der Waals surface area (Å²) < 4.78 is 38.0. The number of benzene rings is 1. The van der Waals surface area contributed by atoms with Gasteiger partial charge in [0.05, 0.1) is 12.0 Å². The second kappa shape index (κ2) is 7.15. The van der Waals surface area contributed by atoms with Gasteiger partial charge in [-0.15, -0.1) is 0 Å². The first-order valence-electron chi connectivity index (χ1n) is 6.49. The van der Waals surface area contributed by atoms with Gasteiger partial charge in [0.1, 0.15) is 6.54 Å². The molecule has 0 amide bonds. The van der Waals surface area contributed by atoms with E-state index in [4.69, 9.17) is 0 Å². The van der Waals surface area contributed by atoms with Crippen LogP contribution in [0.1, 0.15) is 31.2 Å². The van der Waals surface area contributed by atoms with Crippen molar-refractivity contribution in [3.05, 3.63) is 35.9 Å². The first kappa shape index (κ1) is 16.3. The normalized spacial score (nSPS) is 23.7. The van der Waals surface area contributed by atoms with Gasteiger partial charge in [-0.05, 0) is 19.3 Å². The highest BCUT2D eigenvalue weighted by molar-refractivity contribution is 5.12. The van der Waals surface area contributed by atoms with Gasteiger partial charge in [0.2, 0.25) is 0 Å². The lowest BCUT2D eigenvalue weighted by atomic mass is 9.85. The topological polar surface area (TPSA) is 16.6 Å². The van der Waals surface area contributed by atoms with Crippen LogP contribution in [0, 0.1) is 5.92 Å². The van der Waals surface area contributed by atoms with Crippen molar-refractivity contribution in [3.8, 4) is 0 Å². The van der Waals surface area contributed by atoms with Gasteiger partial charge < -0.3 is 17.7 Å². The zero-order chi connectivity index (χ0) is 13.0. The number of halogens is 4. The van der Waals surface area contributed by atoms with Crippen LogP contribution in [-0.2, 0) is 6.54 Å². The van der Waals surface area contributed by atoms with Crippen molar-refractivity contribution in [2.45, 2.75) is 44.4 Å². The molecular weight excluding hydrogens is 275 g/mol. The molecule has 2 unspecified atom stereocenters. The molecule has 1 saturated carbocycles. The minimum Gasteiger partial charge on any atom is -1.00 e. The predicted molar refractivity (Wildman–Crippen MR) is 63.9 cm³/mol. The van der Waals surface area contributed by atoms with Crippen LogP contribution in [0.4, 0.5) is 13.2 Å². The molecule has 0 radical (unpaired) electrons. The van der Waals surface area contributed by atoms with Crippen molar-refractivity contribution >= 4 is 0 Å². The summed E-state index contributed by atoms with van der Waals surface area (Å²) in [7, 11) is 0. The molecular formula is C14H19ClF3N. The fraction of sp³-hybridized carbons (Fsp3) is 0.571. The van der Waals surface area contributed by atoms with E-state index in [2.05, 4.69) is 5.32 Å². The Morgan fingerprint density at radius 2 is 1.79 bits per heavy atom. The van der Waals surface area contributed by atoms with Crippen LogP contribution >= 0.6 is 0 Å². The van der Waals surface area contributed by atoms with Crippen molar-refractivity contribution in [3.63, 3.8) is 0 Å². The van der Waals surface area contributed by atoms with Gasteiger partial charge in [0.15, 0.2) is 0 Å². The zero-order valence-corrected chi connectivity index (χ0v) is 11.4. The second-order valence-corrected chi connectivity index (χ2v) is 5.09. The summed E-state index contributed by atoms with van der Waals surface area (Å²) in [5, 5.41) is 2.06. The second-order valence-electron chi connectivity index (χ2n) is 5.09. The maximum atomic E-state index is 12.7. The number of quaternary nitrogens is 1. The molecule has 0 heterocycles. The van der Waals surface area contributed by atoms with Crippen LogP contribution in [0.2, 0.25) is 0 Å². The minimum absolute atomic E-state index is 0. The molecule has 0 saturated heterocycles. The van der Waals surface area contributed by atoms with Crippen molar-refractivity contribution in [1.82, 2.24) is 0 Å². The number of hydrogen-bond donors (Lipinski definition) is 1. The van der Waals surface area contributed by atoms with Gasteiger partial charge >= 0.3 is 6.18 Å². The zero-order valence-electron chi connectivity index (χ0n) is 10.7. The smallest absolute Gasteiger partial charge is 0.392 e. The molecule has 2 rings (SSSR count). The molecule has 1 aromatic carbocycles. The molecule has 0 bridgehead atoms. The summed E-state index contributed by atoms with van der Waals surface area (Å²) in [6, 6.07) is 10.0. The molecule has 5 heteroatoms. The van der Waals surface area contributed by atoms with E-state index in [1.54, 1.807) is 0 Å². The van der Waals surface area contributed by atoms with Crippen molar-refractivity contribution in [2.24, 2.45) is 5.92 Å². The lowest BCUT2D eigenvalue weighted by molar-refractivity contribution is -0.708. The summed E-state index contributed by atoms with van der Waals surface area (Å²) in [6.45, 7) is 0.774. The Bertz CT molecular complexity index is 367. The summed E-state index contributed by atoms with van der Waals surface area (Å²) in [6.07, 6.45) is -1.84. The van der Waals surface area contributed by atoms with Gasteiger partial charge in [-0.1, -0.05) is 30.3 Å². The van der Waals surface area contributed by atoms with Crippen LogP contribution in [0.5, 0.6) is 0 Å². The molecule has 2 atom stereocenters. The summed E-state index contributed by atoms with van der Waals surface area (Å²) in [5.41, 5.74) is 1.17. The van der Waals surface area contributed by atoms with Crippen LogP contribution in [-0.4, -0.2) is 12.2 Å². The van der Waals surface area contributed by atoms with E-state index in [0.29, 0.717) is 12.8 Å². The molecule has 2 N–H and O–H groups in total. The predicted octanol–water partition coefficient (Wildman–Crippen LogP) is -0.125. The maximum absolute atomic E-state index is 12.7. The monoisotopic (exact) mass is 293 g/mol. The van der Waals surface area contributed by atoms with E-state index in [0.717, 1.165) is 13.0 Å². The number of nitrogens with two attached hydrogens (primary N) is 1. The van der Waals surface area contributed by atoms with E-state index in [1.165, 1.54) is 5.56 Å². The highest BCUT2D eigenvalue weighted by Crippen LogP contribution is 2.36. The standard InChI is InChI=1S/C14H18F3N.ClH/c15-14(16,17)12-7-4-8-13(9-12)18-10-11-5-2-1-3-6-11;/h1-3,5-6,12-13,18H,4,7-10H2;1H. The number of hydrogen-bond acceptors (Lipinski definition) is 0. The molecule has 1 aliphatic carbocycles. The number of alkyl halides is 3. The molecule has 1 nitrogen and oxygen atoms in total. The van der Waals surface area contributed by atoms with Gasteiger partial charge in [-0.25, -0.2) is 0 Å². The molecule has 1 fully saturated rings. The Balaban J connectivity index is 0.00000180. The van der Waals surface area contributed by atoms with Gasteiger partial charge in [-0.2, -0.15) is 13.2 Å². The largest absolute Gasteiger partial charge is 1.00 e. The van der Waals surface area contributed by atoms with Gasteiger partial charge in [0.25, 0.3) is 0 Å². The first-order valence-corrected chi connectivity index (χ1v) is 6.49. The van der Waals surface area contributed by atoms with E-state index in [-0.39, 0.29) is 24.9 Å². The summed E-state index contributed by atoms with van der Waals surface area (Å²) in [5.74, 6) is -1.09. The lowest BCUT2D eigenvalue weighted by Crippen LogP contribution is -3.00. The van der Waals surface area contributed by atoms with E-state index in [1.807, 2.05) is 30.3 Å². The Morgan fingerprint density at radius 3 is 2.42 bits per heavy atom. The molecule has 0 spiro atoms. The van der Waals surface area contributed by atoms with Gasteiger partial charge in [0, 0.05) is 12.0 Å². The Hall–Kier alpha value is -0.740. The average molecular weight is 294 g/mol. The lowest BCUT2D eigenvalue weighted by Gasteiger charge is -2.29. The van der Waals surface area contributed by atoms with Crippen LogP contribution in [0.15, 0.2) is 30.3 Å². The molecule has 0 aliphatic heterocycles. The fourth-order valence-corrected chi connectivity index (χ4v) is 2.66. The Labute approximate surface area is 118 Å². The molecule has 1 aliphatic rings. The highest BCUT2D eigenvalue weighted by atomic mass is 35.5. The third kappa shape index (κ3) is 5.03. The molecule has 19 heavy (non-hydrogen) atoms. The van der Waals surface area contributed by atoms with Crippen LogP contribution in [0.3, 0.4) is 0 Å². The first-order chi connectivity index (χ1) is 8.55. The Morgan fingerprint density at radius 1 is 1.11 bits per heavy atom. The fourth-order valence-electron chi connectivity index (χ4n) is 2.66. The molecule has 108 valence electrons. The molecule has 1 aromatic rings. The minimum atomic E-state index is -4.01.